The predicted octanol–water partition coefficient (Wildman–Crippen LogP) is 2.97. The van der Waals surface area contributed by atoms with Crippen molar-refractivity contribution in [3.63, 3.8) is 0 Å². The van der Waals surface area contributed by atoms with Gasteiger partial charge in [-0.25, -0.2) is 4.39 Å². The van der Waals surface area contributed by atoms with Gasteiger partial charge in [0.15, 0.2) is 0 Å². The van der Waals surface area contributed by atoms with Gasteiger partial charge in [-0.3, -0.25) is 0 Å². The van der Waals surface area contributed by atoms with Crippen molar-refractivity contribution in [1.82, 2.24) is 0 Å². The number of rotatable bonds is 5. The van der Waals surface area contributed by atoms with E-state index in [4.69, 9.17) is 4.74 Å². The van der Waals surface area contributed by atoms with E-state index in [1.165, 1.54) is 12.1 Å². The van der Waals surface area contributed by atoms with Crippen molar-refractivity contribution in [2.45, 2.75) is 43.9 Å². The summed E-state index contributed by atoms with van der Waals surface area (Å²) in [5, 5.41) is 40.0. The topological polar surface area (TPSA) is 90.2 Å². The molecule has 2 heterocycles. The van der Waals surface area contributed by atoms with Crippen LogP contribution >= 0.6 is 11.3 Å². The lowest BCUT2D eigenvalue weighted by molar-refractivity contribution is -0.231. The van der Waals surface area contributed by atoms with E-state index in [-0.39, 0.29) is 5.82 Å². The minimum Gasteiger partial charge on any atom is -0.394 e. The van der Waals surface area contributed by atoms with E-state index in [1.807, 2.05) is 37.3 Å². The lowest BCUT2D eigenvalue weighted by Crippen LogP contribution is -2.55. The Balaban J connectivity index is 1.57. The molecule has 31 heavy (non-hydrogen) atoms. The number of aliphatic hydroxyl groups is 4. The van der Waals surface area contributed by atoms with Crippen LogP contribution in [0.2, 0.25) is 0 Å². The SMILES string of the molecule is Cc1ccc([C@@H]2OC(CO)[C@@H](O)[C@H](O)C2O)cc1Cc1ccc(-c2ccc(F)cc2)s1. The van der Waals surface area contributed by atoms with E-state index in [0.29, 0.717) is 12.0 Å². The van der Waals surface area contributed by atoms with Crippen LogP contribution in [0.15, 0.2) is 54.6 Å². The molecule has 5 nitrogen and oxygen atoms in total. The third-order valence-corrected chi connectivity index (χ3v) is 6.88. The zero-order chi connectivity index (χ0) is 22.1. The highest BCUT2D eigenvalue weighted by molar-refractivity contribution is 7.15. The molecule has 5 atom stereocenters. The summed E-state index contributed by atoms with van der Waals surface area (Å²) >= 11 is 1.63. The number of thiophene rings is 1. The Morgan fingerprint density at radius 3 is 2.39 bits per heavy atom. The second-order valence-electron chi connectivity index (χ2n) is 7.89. The summed E-state index contributed by atoms with van der Waals surface area (Å²) in [7, 11) is 0. The molecular formula is C24H25FO5S. The number of benzene rings is 2. The summed E-state index contributed by atoms with van der Waals surface area (Å²) in [6, 6.07) is 16.2. The molecule has 2 aromatic carbocycles. The second-order valence-corrected chi connectivity index (χ2v) is 9.05. The number of halogens is 1. The van der Waals surface area contributed by atoms with Gasteiger partial charge < -0.3 is 25.2 Å². The fraction of sp³-hybridized carbons (Fsp3) is 0.333. The summed E-state index contributed by atoms with van der Waals surface area (Å²) in [6.07, 6.45) is -5.21. The minimum absolute atomic E-state index is 0.263. The Bertz CT molecular complexity index is 1030. The van der Waals surface area contributed by atoms with Crippen LogP contribution in [0.4, 0.5) is 4.39 Å². The first-order chi connectivity index (χ1) is 14.9. The van der Waals surface area contributed by atoms with Gasteiger partial charge in [0.25, 0.3) is 0 Å². The van der Waals surface area contributed by atoms with Crippen molar-refractivity contribution in [1.29, 1.82) is 0 Å². The van der Waals surface area contributed by atoms with E-state index in [2.05, 4.69) is 0 Å². The summed E-state index contributed by atoms with van der Waals surface area (Å²) in [5.41, 5.74) is 3.75. The fourth-order valence-electron chi connectivity index (χ4n) is 3.87. The van der Waals surface area contributed by atoms with Crippen molar-refractivity contribution in [2.75, 3.05) is 6.61 Å². The molecule has 3 aromatic rings. The molecule has 0 radical (unpaired) electrons. The molecule has 1 fully saturated rings. The molecule has 1 saturated heterocycles. The van der Waals surface area contributed by atoms with Crippen LogP contribution in [0.25, 0.3) is 10.4 Å². The minimum atomic E-state index is -1.41. The summed E-state index contributed by atoms with van der Waals surface area (Å²) in [6.45, 7) is 1.54. The molecule has 0 bridgehead atoms. The van der Waals surface area contributed by atoms with E-state index >= 15 is 0 Å². The van der Waals surface area contributed by atoms with E-state index < -0.39 is 37.1 Å². The first kappa shape index (κ1) is 22.1. The molecule has 1 aliphatic heterocycles. The largest absolute Gasteiger partial charge is 0.394 e. The zero-order valence-corrected chi connectivity index (χ0v) is 17.8. The zero-order valence-electron chi connectivity index (χ0n) is 17.0. The third kappa shape index (κ3) is 4.57. The number of aryl methyl sites for hydroxylation is 1. The van der Waals surface area contributed by atoms with Gasteiger partial charge in [-0.2, -0.15) is 0 Å². The molecule has 4 N–H and O–H groups in total. The summed E-state index contributed by atoms with van der Waals surface area (Å²) in [5.74, 6) is -0.263. The molecular weight excluding hydrogens is 419 g/mol. The number of hydrogen-bond acceptors (Lipinski definition) is 6. The van der Waals surface area contributed by atoms with Crippen molar-refractivity contribution in [3.05, 3.63) is 82.0 Å². The summed E-state index contributed by atoms with van der Waals surface area (Å²) in [4.78, 5) is 2.19. The Morgan fingerprint density at radius 2 is 1.68 bits per heavy atom. The predicted molar refractivity (Wildman–Crippen MR) is 116 cm³/mol. The molecule has 164 valence electrons. The van der Waals surface area contributed by atoms with Gasteiger partial charge in [0.2, 0.25) is 0 Å². The van der Waals surface area contributed by atoms with Crippen molar-refractivity contribution >= 4 is 11.3 Å². The van der Waals surface area contributed by atoms with Crippen LogP contribution in [0.5, 0.6) is 0 Å². The van der Waals surface area contributed by atoms with Gasteiger partial charge in [-0.05, 0) is 53.4 Å². The molecule has 0 amide bonds. The van der Waals surface area contributed by atoms with E-state index in [9.17, 15) is 24.8 Å². The van der Waals surface area contributed by atoms with Crippen LogP contribution in [0.1, 0.15) is 27.7 Å². The lowest BCUT2D eigenvalue weighted by Gasteiger charge is -2.40. The number of aliphatic hydroxyl groups excluding tert-OH is 4. The number of hydrogen-bond donors (Lipinski definition) is 4. The Kier molecular flexibility index (Phi) is 6.52. The van der Waals surface area contributed by atoms with Crippen LogP contribution < -0.4 is 0 Å². The maximum Gasteiger partial charge on any atom is 0.123 e. The van der Waals surface area contributed by atoms with Crippen molar-refractivity contribution in [2.24, 2.45) is 0 Å². The van der Waals surface area contributed by atoms with E-state index in [1.54, 1.807) is 23.5 Å². The van der Waals surface area contributed by atoms with Crippen LogP contribution in [-0.2, 0) is 11.2 Å². The van der Waals surface area contributed by atoms with Gasteiger partial charge in [-0.15, -0.1) is 11.3 Å². The average molecular weight is 445 g/mol. The van der Waals surface area contributed by atoms with Crippen LogP contribution in [0, 0.1) is 12.7 Å². The molecule has 2 unspecified atom stereocenters. The molecule has 1 aromatic heterocycles. The Hall–Kier alpha value is -2.13. The smallest absolute Gasteiger partial charge is 0.123 e. The highest BCUT2D eigenvalue weighted by Crippen LogP contribution is 2.35. The average Bonchev–Trinajstić information content (AvgIpc) is 3.23. The molecule has 4 rings (SSSR count). The summed E-state index contributed by atoms with van der Waals surface area (Å²) < 4.78 is 18.9. The van der Waals surface area contributed by atoms with Gasteiger partial charge >= 0.3 is 0 Å². The van der Waals surface area contributed by atoms with Crippen molar-refractivity contribution in [3.8, 4) is 10.4 Å². The van der Waals surface area contributed by atoms with Gasteiger partial charge in [0.1, 0.15) is 36.3 Å². The first-order valence-corrected chi connectivity index (χ1v) is 10.9. The highest BCUT2D eigenvalue weighted by atomic mass is 32.1. The Morgan fingerprint density at radius 1 is 0.935 bits per heavy atom. The lowest BCUT2D eigenvalue weighted by atomic mass is 9.89. The first-order valence-electron chi connectivity index (χ1n) is 10.1. The van der Waals surface area contributed by atoms with Crippen LogP contribution in [-0.4, -0.2) is 51.4 Å². The second kappa shape index (κ2) is 9.16. The standard InChI is InChI=1S/C24H25FO5S/c1-13-2-3-15(24-23(29)22(28)21(27)19(12-26)30-24)10-16(13)11-18-8-9-20(31-18)14-4-6-17(25)7-5-14/h2-10,19,21-24,26-29H,11-12H2,1H3/t19?,21-,22+,23?,24+/m1/s1. The Labute approximate surface area is 184 Å². The molecule has 7 heteroatoms. The maximum absolute atomic E-state index is 13.2. The third-order valence-electron chi connectivity index (χ3n) is 5.75. The van der Waals surface area contributed by atoms with Gasteiger partial charge in [0, 0.05) is 16.2 Å². The highest BCUT2D eigenvalue weighted by Gasteiger charge is 2.43. The van der Waals surface area contributed by atoms with Gasteiger partial charge in [-0.1, -0.05) is 30.3 Å². The number of ether oxygens (including phenoxy) is 1. The molecule has 0 aliphatic carbocycles. The molecule has 0 saturated carbocycles. The monoisotopic (exact) mass is 444 g/mol. The molecule has 1 aliphatic rings. The molecule has 0 spiro atoms. The van der Waals surface area contributed by atoms with Crippen molar-refractivity contribution < 1.29 is 29.6 Å². The quantitative estimate of drug-likeness (QED) is 0.486. The normalized spacial score (nSPS) is 26.2. The van der Waals surface area contributed by atoms with Gasteiger partial charge in [0.05, 0.1) is 6.61 Å². The van der Waals surface area contributed by atoms with Crippen LogP contribution in [0.3, 0.4) is 0 Å². The maximum atomic E-state index is 13.2. The fourth-order valence-corrected chi connectivity index (χ4v) is 4.90. The van der Waals surface area contributed by atoms with E-state index in [0.717, 1.165) is 26.4 Å².